The number of hydrogen-bond acceptors (Lipinski definition) is 6. The van der Waals surface area contributed by atoms with E-state index in [0.717, 1.165) is 0 Å². The van der Waals surface area contributed by atoms with Crippen LogP contribution in [0.5, 0.6) is 5.75 Å². The zero-order valence-electron chi connectivity index (χ0n) is 16.8. The summed E-state index contributed by atoms with van der Waals surface area (Å²) in [5, 5.41) is 2.62. The van der Waals surface area contributed by atoms with Crippen LogP contribution in [-0.4, -0.2) is 27.1 Å². The molecule has 1 aliphatic rings. The number of methoxy groups -OCH3 is 1. The number of carbonyl (C=O) groups excluding carboxylic acids is 2. The van der Waals surface area contributed by atoms with Gasteiger partial charge < -0.3 is 10.1 Å². The van der Waals surface area contributed by atoms with E-state index in [0.29, 0.717) is 17.1 Å². The summed E-state index contributed by atoms with van der Waals surface area (Å²) < 4.78 is 33.0. The second-order valence-corrected chi connectivity index (χ2v) is 8.94. The SMILES string of the molecule is COc1cccc(NS(=O)(=O)c2ccc(NC3=C(Cl)C(=O)c4ccccc4C3=O)cc2)c1. The zero-order chi connectivity index (χ0) is 22.9. The molecule has 9 heteroatoms. The van der Waals surface area contributed by atoms with Crippen molar-refractivity contribution < 1.29 is 22.7 Å². The molecule has 0 aromatic heterocycles. The van der Waals surface area contributed by atoms with E-state index in [1.807, 2.05) is 0 Å². The Hall–Kier alpha value is -3.62. The summed E-state index contributed by atoms with van der Waals surface area (Å²) in [5.74, 6) is -0.351. The third kappa shape index (κ3) is 4.10. The van der Waals surface area contributed by atoms with Gasteiger partial charge in [0.05, 0.1) is 17.7 Å². The molecule has 32 heavy (non-hydrogen) atoms. The van der Waals surface area contributed by atoms with E-state index in [-0.39, 0.29) is 26.8 Å². The summed E-state index contributed by atoms with van der Waals surface area (Å²) in [6.45, 7) is 0. The first-order valence-electron chi connectivity index (χ1n) is 9.42. The van der Waals surface area contributed by atoms with Crippen LogP contribution in [0.4, 0.5) is 11.4 Å². The fraction of sp³-hybridized carbons (Fsp3) is 0.0435. The van der Waals surface area contributed by atoms with Crippen molar-refractivity contribution in [2.75, 3.05) is 17.1 Å². The average Bonchev–Trinajstić information content (AvgIpc) is 2.80. The lowest BCUT2D eigenvalue weighted by Gasteiger charge is -2.19. The quantitative estimate of drug-likeness (QED) is 0.554. The molecule has 0 heterocycles. The van der Waals surface area contributed by atoms with Gasteiger partial charge in [0.25, 0.3) is 10.0 Å². The Morgan fingerprint density at radius 2 is 1.47 bits per heavy atom. The second kappa shape index (κ2) is 8.49. The fourth-order valence-electron chi connectivity index (χ4n) is 3.22. The maximum Gasteiger partial charge on any atom is 0.261 e. The third-order valence-electron chi connectivity index (χ3n) is 4.82. The molecular weight excluding hydrogens is 452 g/mol. The lowest BCUT2D eigenvalue weighted by Crippen LogP contribution is -2.24. The first kappa shape index (κ1) is 21.6. The van der Waals surface area contributed by atoms with Crippen molar-refractivity contribution in [3.63, 3.8) is 0 Å². The van der Waals surface area contributed by atoms with E-state index in [1.165, 1.54) is 31.4 Å². The number of halogens is 1. The van der Waals surface area contributed by atoms with Crippen molar-refractivity contribution in [1.29, 1.82) is 0 Å². The van der Waals surface area contributed by atoms with Crippen LogP contribution in [-0.2, 0) is 10.0 Å². The van der Waals surface area contributed by atoms with Crippen LogP contribution in [0, 0.1) is 0 Å². The number of benzene rings is 3. The molecule has 0 fully saturated rings. The van der Waals surface area contributed by atoms with Gasteiger partial charge in [-0.05, 0) is 36.4 Å². The molecule has 7 nitrogen and oxygen atoms in total. The van der Waals surface area contributed by atoms with E-state index in [2.05, 4.69) is 10.0 Å². The Kier molecular flexibility index (Phi) is 5.73. The molecule has 0 bridgehead atoms. The Morgan fingerprint density at radius 1 is 0.812 bits per heavy atom. The molecule has 4 rings (SSSR count). The van der Waals surface area contributed by atoms with Gasteiger partial charge >= 0.3 is 0 Å². The number of allylic oxidation sites excluding steroid dienone is 2. The highest BCUT2D eigenvalue weighted by Gasteiger charge is 2.31. The van der Waals surface area contributed by atoms with Gasteiger partial charge in [-0.15, -0.1) is 0 Å². The van der Waals surface area contributed by atoms with E-state index < -0.39 is 21.6 Å². The molecule has 0 unspecified atom stereocenters. The van der Waals surface area contributed by atoms with Crippen LogP contribution in [0.15, 0.2) is 88.4 Å². The number of rotatable bonds is 6. The predicted octanol–water partition coefficient (Wildman–Crippen LogP) is 4.44. The fourth-order valence-corrected chi connectivity index (χ4v) is 4.50. The van der Waals surface area contributed by atoms with Crippen molar-refractivity contribution in [1.82, 2.24) is 0 Å². The maximum absolute atomic E-state index is 12.8. The van der Waals surface area contributed by atoms with Gasteiger partial charge in [-0.25, -0.2) is 8.42 Å². The highest BCUT2D eigenvalue weighted by molar-refractivity contribution is 7.92. The van der Waals surface area contributed by atoms with Gasteiger partial charge in [0.1, 0.15) is 16.5 Å². The van der Waals surface area contributed by atoms with Crippen LogP contribution in [0.3, 0.4) is 0 Å². The van der Waals surface area contributed by atoms with Crippen molar-refractivity contribution in [2.24, 2.45) is 0 Å². The highest BCUT2D eigenvalue weighted by Crippen LogP contribution is 2.30. The minimum atomic E-state index is -3.85. The molecule has 3 aromatic rings. The average molecular weight is 469 g/mol. The minimum Gasteiger partial charge on any atom is -0.497 e. The van der Waals surface area contributed by atoms with Gasteiger partial charge in [-0.3, -0.25) is 14.3 Å². The van der Waals surface area contributed by atoms with Crippen molar-refractivity contribution in [2.45, 2.75) is 4.90 Å². The molecular formula is C23H17ClN2O5S. The van der Waals surface area contributed by atoms with E-state index in [9.17, 15) is 18.0 Å². The van der Waals surface area contributed by atoms with E-state index >= 15 is 0 Å². The van der Waals surface area contributed by atoms with Crippen LogP contribution < -0.4 is 14.8 Å². The maximum atomic E-state index is 12.8. The zero-order valence-corrected chi connectivity index (χ0v) is 18.3. The van der Waals surface area contributed by atoms with Crippen LogP contribution in [0.1, 0.15) is 20.7 Å². The first-order valence-corrected chi connectivity index (χ1v) is 11.3. The summed E-state index contributed by atoms with van der Waals surface area (Å²) in [6, 6.07) is 18.7. The third-order valence-corrected chi connectivity index (χ3v) is 6.58. The Morgan fingerprint density at radius 3 is 2.12 bits per heavy atom. The number of anilines is 2. The number of ether oxygens (including phenoxy) is 1. The molecule has 0 amide bonds. The summed E-state index contributed by atoms with van der Waals surface area (Å²) in [6.07, 6.45) is 0. The minimum absolute atomic E-state index is 0.0161. The molecule has 0 spiro atoms. The Bertz CT molecular complexity index is 1370. The lowest BCUT2D eigenvalue weighted by atomic mass is 9.92. The van der Waals surface area contributed by atoms with Gasteiger partial charge in [0, 0.05) is 22.9 Å². The standard InChI is InChI=1S/C23H17ClN2O5S/c1-31-16-6-4-5-15(13-16)26-32(29,30)17-11-9-14(10-12-17)25-21-20(24)22(27)18-7-2-3-8-19(18)23(21)28/h2-13,25-26H,1H3. The summed E-state index contributed by atoms with van der Waals surface area (Å²) >= 11 is 6.16. The van der Waals surface area contributed by atoms with Gasteiger partial charge in [0.15, 0.2) is 0 Å². The number of hydrogen-bond donors (Lipinski definition) is 2. The number of Topliss-reactive ketones (excluding diaryl/α,β-unsaturated/α-hetero) is 2. The molecule has 3 aromatic carbocycles. The summed E-state index contributed by atoms with van der Waals surface area (Å²) in [7, 11) is -2.36. The Balaban J connectivity index is 1.56. The number of nitrogens with one attached hydrogen (secondary N) is 2. The van der Waals surface area contributed by atoms with E-state index in [4.69, 9.17) is 16.3 Å². The molecule has 1 aliphatic carbocycles. The Labute approximate surface area is 189 Å². The van der Waals surface area contributed by atoms with Gasteiger partial charge in [0.2, 0.25) is 11.6 Å². The molecule has 2 N–H and O–H groups in total. The lowest BCUT2D eigenvalue weighted by molar-refractivity contribution is 0.0982. The van der Waals surface area contributed by atoms with Crippen LogP contribution in [0.25, 0.3) is 0 Å². The van der Waals surface area contributed by atoms with Gasteiger partial charge in [-0.1, -0.05) is 41.9 Å². The largest absolute Gasteiger partial charge is 0.497 e. The van der Waals surface area contributed by atoms with Gasteiger partial charge in [-0.2, -0.15) is 0 Å². The molecule has 0 aliphatic heterocycles. The molecule has 0 saturated carbocycles. The first-order chi connectivity index (χ1) is 15.3. The predicted molar refractivity (Wildman–Crippen MR) is 122 cm³/mol. The van der Waals surface area contributed by atoms with Crippen molar-refractivity contribution in [3.8, 4) is 5.75 Å². The van der Waals surface area contributed by atoms with E-state index in [1.54, 1.807) is 48.5 Å². The molecule has 0 radical (unpaired) electrons. The monoisotopic (exact) mass is 468 g/mol. The summed E-state index contributed by atoms with van der Waals surface area (Å²) in [4.78, 5) is 25.3. The topological polar surface area (TPSA) is 102 Å². The number of carbonyl (C=O) groups is 2. The smallest absolute Gasteiger partial charge is 0.261 e. The molecule has 0 atom stereocenters. The summed E-state index contributed by atoms with van der Waals surface area (Å²) in [5.41, 5.74) is 1.21. The second-order valence-electron chi connectivity index (χ2n) is 6.88. The number of fused-ring (bicyclic) bond motifs is 1. The number of sulfonamides is 1. The molecule has 162 valence electrons. The number of ketones is 2. The normalized spacial score (nSPS) is 13.6. The highest BCUT2D eigenvalue weighted by atomic mass is 35.5. The van der Waals surface area contributed by atoms with Crippen LogP contribution in [0.2, 0.25) is 0 Å². The van der Waals surface area contributed by atoms with Crippen molar-refractivity contribution >= 4 is 44.6 Å². The van der Waals surface area contributed by atoms with Crippen molar-refractivity contribution in [3.05, 3.63) is 94.7 Å². The molecule has 0 saturated heterocycles. The van der Waals surface area contributed by atoms with Crippen LogP contribution >= 0.6 is 11.6 Å².